The Balaban J connectivity index is 1.59. The van der Waals surface area contributed by atoms with Gasteiger partial charge in [-0.2, -0.15) is 0 Å². The maximum absolute atomic E-state index is 13.8. The number of benzene rings is 1. The van der Waals surface area contributed by atoms with E-state index in [4.69, 9.17) is 5.73 Å². The molecule has 3 nitrogen and oxygen atoms in total. The van der Waals surface area contributed by atoms with Gasteiger partial charge in [0.25, 0.3) is 0 Å². The highest BCUT2D eigenvalue weighted by atomic mass is 19.1. The molecule has 104 valence electrons. The molecule has 2 aliphatic rings. The van der Waals surface area contributed by atoms with Gasteiger partial charge in [-0.25, -0.2) is 4.39 Å². The van der Waals surface area contributed by atoms with Gasteiger partial charge in [-0.1, -0.05) is 12.1 Å². The maximum Gasteiger partial charge on any atom is 0.146 e. The van der Waals surface area contributed by atoms with Gasteiger partial charge in [-0.3, -0.25) is 4.90 Å². The molecule has 0 spiro atoms. The molecule has 19 heavy (non-hydrogen) atoms. The van der Waals surface area contributed by atoms with Gasteiger partial charge in [0.2, 0.25) is 0 Å². The summed E-state index contributed by atoms with van der Waals surface area (Å²) >= 11 is 0. The Morgan fingerprint density at radius 1 is 1.11 bits per heavy atom. The van der Waals surface area contributed by atoms with E-state index in [1.807, 2.05) is 12.1 Å². The minimum atomic E-state index is -0.112. The van der Waals surface area contributed by atoms with Gasteiger partial charge < -0.3 is 10.6 Å². The van der Waals surface area contributed by atoms with Gasteiger partial charge in [0.1, 0.15) is 5.82 Å². The van der Waals surface area contributed by atoms with E-state index in [2.05, 4.69) is 9.80 Å². The lowest BCUT2D eigenvalue weighted by Crippen LogP contribution is -2.56. The zero-order chi connectivity index (χ0) is 13.2. The Morgan fingerprint density at radius 2 is 1.84 bits per heavy atom. The van der Waals surface area contributed by atoms with Crippen LogP contribution in [-0.4, -0.2) is 43.7 Å². The van der Waals surface area contributed by atoms with E-state index in [1.165, 1.54) is 18.9 Å². The second kappa shape index (κ2) is 5.47. The van der Waals surface area contributed by atoms with E-state index in [0.29, 0.717) is 12.0 Å². The molecule has 0 bridgehead atoms. The number of rotatable bonds is 3. The molecule has 4 heteroatoms. The molecule has 2 atom stereocenters. The van der Waals surface area contributed by atoms with Crippen LogP contribution in [0.25, 0.3) is 0 Å². The van der Waals surface area contributed by atoms with Crippen molar-refractivity contribution in [3.63, 3.8) is 0 Å². The van der Waals surface area contributed by atoms with E-state index in [0.717, 1.165) is 38.4 Å². The fraction of sp³-hybridized carbons (Fsp3) is 0.600. The third kappa shape index (κ3) is 2.47. The molecule has 0 amide bonds. The Bertz CT molecular complexity index is 427. The van der Waals surface area contributed by atoms with Crippen molar-refractivity contribution < 1.29 is 4.39 Å². The molecular formula is C15H22FN3. The van der Waals surface area contributed by atoms with Crippen molar-refractivity contribution in [1.82, 2.24) is 4.90 Å². The summed E-state index contributed by atoms with van der Waals surface area (Å²) in [5.41, 5.74) is 6.52. The minimum Gasteiger partial charge on any atom is -0.367 e. The van der Waals surface area contributed by atoms with Gasteiger partial charge in [0.15, 0.2) is 0 Å². The molecule has 0 radical (unpaired) electrons. The first-order chi connectivity index (χ1) is 9.29. The number of piperazine rings is 1. The predicted molar refractivity (Wildman–Crippen MR) is 75.8 cm³/mol. The van der Waals surface area contributed by atoms with Crippen LogP contribution in [-0.2, 0) is 0 Å². The SMILES string of the molecule is NCC1CCC1N1CCN(c2ccccc2F)CC1. The number of nitrogens with two attached hydrogens (primary N) is 1. The van der Waals surface area contributed by atoms with Crippen LogP contribution < -0.4 is 10.6 Å². The highest BCUT2D eigenvalue weighted by Gasteiger charge is 2.35. The highest BCUT2D eigenvalue weighted by Crippen LogP contribution is 2.32. The molecule has 1 heterocycles. The topological polar surface area (TPSA) is 32.5 Å². The molecule has 2 N–H and O–H groups in total. The predicted octanol–water partition coefficient (Wildman–Crippen LogP) is 1.68. The summed E-state index contributed by atoms with van der Waals surface area (Å²) in [7, 11) is 0. The largest absolute Gasteiger partial charge is 0.367 e. The second-order valence-corrected chi connectivity index (χ2v) is 5.61. The molecule has 2 fully saturated rings. The van der Waals surface area contributed by atoms with Crippen molar-refractivity contribution in [1.29, 1.82) is 0 Å². The van der Waals surface area contributed by atoms with Crippen LogP contribution in [0.2, 0.25) is 0 Å². The molecular weight excluding hydrogens is 241 g/mol. The average Bonchev–Trinajstić information content (AvgIpc) is 2.40. The fourth-order valence-electron chi connectivity index (χ4n) is 3.31. The van der Waals surface area contributed by atoms with Crippen molar-refractivity contribution in [3.8, 4) is 0 Å². The van der Waals surface area contributed by atoms with Crippen LogP contribution >= 0.6 is 0 Å². The first-order valence-corrected chi connectivity index (χ1v) is 7.23. The first kappa shape index (κ1) is 12.9. The number of para-hydroxylation sites is 1. The van der Waals surface area contributed by atoms with Crippen LogP contribution in [0, 0.1) is 11.7 Å². The summed E-state index contributed by atoms with van der Waals surface area (Å²) in [5.74, 6) is 0.569. The quantitative estimate of drug-likeness (QED) is 0.900. The Hall–Kier alpha value is -1.13. The molecule has 1 saturated carbocycles. The van der Waals surface area contributed by atoms with E-state index in [9.17, 15) is 4.39 Å². The molecule has 1 saturated heterocycles. The van der Waals surface area contributed by atoms with E-state index < -0.39 is 0 Å². The molecule has 1 aliphatic carbocycles. The lowest BCUT2D eigenvalue weighted by atomic mass is 9.78. The molecule has 3 rings (SSSR count). The number of hydrogen-bond donors (Lipinski definition) is 1. The van der Waals surface area contributed by atoms with E-state index >= 15 is 0 Å². The zero-order valence-electron chi connectivity index (χ0n) is 11.3. The molecule has 0 aromatic heterocycles. The van der Waals surface area contributed by atoms with E-state index in [-0.39, 0.29) is 5.82 Å². The van der Waals surface area contributed by atoms with Gasteiger partial charge in [0, 0.05) is 32.2 Å². The molecule has 1 aromatic carbocycles. The average molecular weight is 263 g/mol. The fourth-order valence-corrected chi connectivity index (χ4v) is 3.31. The number of halogens is 1. The van der Waals surface area contributed by atoms with Gasteiger partial charge in [-0.15, -0.1) is 0 Å². The van der Waals surface area contributed by atoms with Gasteiger partial charge in [0.05, 0.1) is 5.69 Å². The van der Waals surface area contributed by atoms with Gasteiger partial charge >= 0.3 is 0 Å². The number of nitrogens with zero attached hydrogens (tertiary/aromatic N) is 2. The normalized spacial score (nSPS) is 28.2. The Labute approximate surface area is 114 Å². The number of anilines is 1. The van der Waals surface area contributed by atoms with Gasteiger partial charge in [-0.05, 0) is 37.4 Å². The van der Waals surface area contributed by atoms with E-state index in [1.54, 1.807) is 6.07 Å². The minimum absolute atomic E-state index is 0.112. The van der Waals surface area contributed by atoms with Crippen molar-refractivity contribution in [2.75, 3.05) is 37.6 Å². The lowest BCUT2D eigenvalue weighted by Gasteiger charge is -2.47. The van der Waals surface area contributed by atoms with Crippen LogP contribution in [0.4, 0.5) is 10.1 Å². The smallest absolute Gasteiger partial charge is 0.146 e. The summed E-state index contributed by atoms with van der Waals surface area (Å²) in [6, 6.07) is 7.73. The molecule has 2 unspecified atom stereocenters. The molecule has 1 aliphatic heterocycles. The Kier molecular flexibility index (Phi) is 3.71. The maximum atomic E-state index is 13.8. The second-order valence-electron chi connectivity index (χ2n) is 5.61. The third-order valence-corrected chi connectivity index (χ3v) is 4.66. The van der Waals surface area contributed by atoms with Crippen molar-refractivity contribution >= 4 is 5.69 Å². The summed E-state index contributed by atoms with van der Waals surface area (Å²) in [5, 5.41) is 0. The standard InChI is InChI=1S/C15H22FN3/c16-13-3-1-2-4-15(13)19-9-7-18(8-10-19)14-6-5-12(14)11-17/h1-4,12,14H,5-11,17H2. The van der Waals surface area contributed by atoms with Crippen LogP contribution in [0.15, 0.2) is 24.3 Å². The van der Waals surface area contributed by atoms with Crippen LogP contribution in [0.3, 0.4) is 0 Å². The summed E-state index contributed by atoms with van der Waals surface area (Å²) in [4.78, 5) is 4.69. The summed E-state index contributed by atoms with van der Waals surface area (Å²) in [6.07, 6.45) is 2.55. The molecule has 1 aromatic rings. The van der Waals surface area contributed by atoms with Crippen LogP contribution in [0.5, 0.6) is 0 Å². The van der Waals surface area contributed by atoms with Crippen molar-refractivity contribution in [2.24, 2.45) is 11.7 Å². The Morgan fingerprint density at radius 3 is 2.42 bits per heavy atom. The van der Waals surface area contributed by atoms with Crippen molar-refractivity contribution in [2.45, 2.75) is 18.9 Å². The van der Waals surface area contributed by atoms with Crippen LogP contribution in [0.1, 0.15) is 12.8 Å². The highest BCUT2D eigenvalue weighted by molar-refractivity contribution is 5.48. The monoisotopic (exact) mass is 263 g/mol. The number of hydrogen-bond acceptors (Lipinski definition) is 3. The van der Waals surface area contributed by atoms with Crippen molar-refractivity contribution in [3.05, 3.63) is 30.1 Å². The summed E-state index contributed by atoms with van der Waals surface area (Å²) in [6.45, 7) is 4.67. The summed E-state index contributed by atoms with van der Waals surface area (Å²) < 4.78 is 13.8. The zero-order valence-corrected chi connectivity index (χ0v) is 11.3. The first-order valence-electron chi connectivity index (χ1n) is 7.23. The lowest BCUT2D eigenvalue weighted by molar-refractivity contribution is 0.0618. The third-order valence-electron chi connectivity index (χ3n) is 4.66.